The number of alkyl halides is 1. The largest absolute Gasteiger partial charge is 0.351 e. The van der Waals surface area contributed by atoms with Crippen LogP contribution >= 0.6 is 33.9 Å². The van der Waals surface area contributed by atoms with Gasteiger partial charge in [0.1, 0.15) is 0 Å². The molecule has 1 fully saturated rings. The number of thiazole rings is 1. The lowest BCUT2D eigenvalue weighted by atomic mass is 10.1. The second-order valence-corrected chi connectivity index (χ2v) is 6.86. The Morgan fingerprint density at radius 2 is 2.08 bits per heavy atom. The third-order valence-corrected chi connectivity index (χ3v) is 5.80. The van der Waals surface area contributed by atoms with Crippen molar-refractivity contribution < 1.29 is 22.8 Å². The summed E-state index contributed by atoms with van der Waals surface area (Å²) in [6.45, 7) is 0.590. The lowest BCUT2D eigenvalue weighted by Gasteiger charge is -2.11. The number of hydrogen-bond donors (Lipinski definition) is 0. The molecule has 0 aliphatic carbocycles. The zero-order chi connectivity index (χ0) is 16.8. The lowest BCUT2D eigenvalue weighted by molar-refractivity contribution is -0.0467. The maximum Gasteiger partial charge on any atom is 0.313 e. The molecule has 0 N–H and O–H groups in total. The highest BCUT2D eigenvalue weighted by atomic mass is 127. The molecule has 1 aliphatic heterocycles. The fraction of sp³-hybridized carbons (Fsp3) is 0.286. The van der Waals surface area contributed by atoms with Crippen molar-refractivity contribution in [2.24, 2.45) is 0 Å². The fourth-order valence-corrected chi connectivity index (χ4v) is 3.84. The standard InChI is InChI=1S/C14H9F2IN2O4S/c15-9-7(13-21-1-2-22-13)3-8-11(10(9)16)23-18-12(8)19-5-6(4-17)24-14(19)20/h3,5,13H,1-2,4H2. The van der Waals surface area contributed by atoms with Gasteiger partial charge in [0.15, 0.2) is 17.9 Å². The molecular weight excluding hydrogens is 457 g/mol. The molecule has 3 aromatic rings. The summed E-state index contributed by atoms with van der Waals surface area (Å²) in [6.07, 6.45) is 0.621. The van der Waals surface area contributed by atoms with E-state index < -0.39 is 17.9 Å². The Kier molecular flexibility index (Phi) is 4.14. The summed E-state index contributed by atoms with van der Waals surface area (Å²) in [5, 5.41) is 3.93. The van der Waals surface area contributed by atoms with Crippen molar-refractivity contribution in [3.8, 4) is 5.82 Å². The van der Waals surface area contributed by atoms with Crippen LogP contribution in [0.2, 0.25) is 0 Å². The van der Waals surface area contributed by atoms with Gasteiger partial charge in [0.2, 0.25) is 11.4 Å². The summed E-state index contributed by atoms with van der Waals surface area (Å²) < 4.78 is 45.9. The van der Waals surface area contributed by atoms with E-state index >= 15 is 0 Å². The van der Waals surface area contributed by atoms with Gasteiger partial charge in [0.25, 0.3) is 0 Å². The fourth-order valence-electron chi connectivity index (χ4n) is 2.50. The Balaban J connectivity index is 1.94. The number of rotatable bonds is 3. The lowest BCUT2D eigenvalue weighted by Crippen LogP contribution is -2.10. The van der Waals surface area contributed by atoms with Gasteiger partial charge in [-0.15, -0.1) is 0 Å². The molecule has 0 atom stereocenters. The van der Waals surface area contributed by atoms with Crippen LogP contribution in [-0.2, 0) is 13.9 Å². The van der Waals surface area contributed by atoms with Crippen molar-refractivity contribution in [2.45, 2.75) is 10.7 Å². The SMILES string of the molecule is O=c1sc(CI)cn1-c1noc2c(F)c(F)c(C3OCCO3)cc12. The molecule has 0 saturated carbocycles. The van der Waals surface area contributed by atoms with E-state index in [0.717, 1.165) is 16.2 Å². The molecule has 1 saturated heterocycles. The van der Waals surface area contributed by atoms with E-state index in [9.17, 15) is 13.6 Å². The number of fused-ring (bicyclic) bond motifs is 1. The molecule has 6 nitrogen and oxygen atoms in total. The minimum absolute atomic E-state index is 0.0839. The molecule has 0 radical (unpaired) electrons. The highest BCUT2D eigenvalue weighted by Gasteiger charge is 2.28. The monoisotopic (exact) mass is 466 g/mol. The topological polar surface area (TPSA) is 66.5 Å². The van der Waals surface area contributed by atoms with Crippen LogP contribution in [-0.4, -0.2) is 22.9 Å². The van der Waals surface area contributed by atoms with Crippen molar-refractivity contribution in [2.75, 3.05) is 13.2 Å². The number of halogens is 3. The van der Waals surface area contributed by atoms with Crippen LogP contribution in [0.25, 0.3) is 16.8 Å². The number of hydrogen-bond acceptors (Lipinski definition) is 6. The zero-order valence-corrected chi connectivity index (χ0v) is 14.9. The van der Waals surface area contributed by atoms with Gasteiger partial charge in [-0.05, 0) is 6.07 Å². The Bertz CT molecular complexity index is 977. The maximum absolute atomic E-state index is 14.3. The molecule has 3 heterocycles. The molecule has 0 spiro atoms. The molecule has 126 valence electrons. The maximum atomic E-state index is 14.3. The Hall–Kier alpha value is -1.37. The van der Waals surface area contributed by atoms with Crippen LogP contribution in [0.1, 0.15) is 16.7 Å². The molecule has 0 unspecified atom stereocenters. The number of aromatic nitrogens is 2. The van der Waals surface area contributed by atoms with E-state index in [1.807, 2.05) is 0 Å². The minimum atomic E-state index is -1.18. The first kappa shape index (κ1) is 16.1. The highest BCUT2D eigenvalue weighted by Crippen LogP contribution is 2.34. The van der Waals surface area contributed by atoms with Gasteiger partial charge >= 0.3 is 4.87 Å². The third-order valence-electron chi connectivity index (χ3n) is 3.58. The van der Waals surface area contributed by atoms with Crippen molar-refractivity contribution >= 4 is 44.9 Å². The molecule has 10 heteroatoms. The van der Waals surface area contributed by atoms with E-state index in [4.69, 9.17) is 14.0 Å². The van der Waals surface area contributed by atoms with Crippen LogP contribution in [0, 0.1) is 11.6 Å². The summed E-state index contributed by atoms with van der Waals surface area (Å²) in [5.41, 5.74) is -0.433. The van der Waals surface area contributed by atoms with Crippen molar-refractivity contribution in [1.82, 2.24) is 9.72 Å². The van der Waals surface area contributed by atoms with Crippen LogP contribution < -0.4 is 4.87 Å². The molecule has 0 amide bonds. The van der Waals surface area contributed by atoms with Gasteiger partial charge in [-0.3, -0.25) is 9.36 Å². The third kappa shape index (κ3) is 2.48. The number of nitrogens with zero attached hydrogens (tertiary/aromatic N) is 2. The van der Waals surface area contributed by atoms with E-state index in [1.165, 1.54) is 10.6 Å². The van der Waals surface area contributed by atoms with E-state index in [1.54, 1.807) is 6.20 Å². The summed E-state index contributed by atoms with van der Waals surface area (Å²) in [4.78, 5) is 12.7. The normalized spacial score (nSPS) is 15.6. The highest BCUT2D eigenvalue weighted by molar-refractivity contribution is 14.1. The van der Waals surface area contributed by atoms with Gasteiger partial charge < -0.3 is 14.0 Å². The molecule has 4 rings (SSSR count). The Labute approximate surface area is 151 Å². The zero-order valence-electron chi connectivity index (χ0n) is 11.9. The van der Waals surface area contributed by atoms with Gasteiger partial charge in [-0.1, -0.05) is 39.1 Å². The van der Waals surface area contributed by atoms with E-state index in [2.05, 4.69) is 27.7 Å². The summed E-state index contributed by atoms with van der Waals surface area (Å²) in [5.74, 6) is -2.18. The second kappa shape index (κ2) is 6.17. The molecule has 0 bridgehead atoms. The Morgan fingerprint density at radius 1 is 1.33 bits per heavy atom. The van der Waals surface area contributed by atoms with Gasteiger partial charge in [-0.25, -0.2) is 4.39 Å². The molecule has 24 heavy (non-hydrogen) atoms. The second-order valence-electron chi connectivity index (χ2n) is 5.02. The van der Waals surface area contributed by atoms with Gasteiger partial charge in [0.05, 0.1) is 18.6 Å². The number of ether oxygens (including phenoxy) is 2. The molecular formula is C14H9F2IN2O4S. The first-order chi connectivity index (χ1) is 11.6. The molecule has 2 aromatic heterocycles. The minimum Gasteiger partial charge on any atom is -0.351 e. The first-order valence-corrected chi connectivity index (χ1v) is 9.22. The average Bonchev–Trinajstić information content (AvgIpc) is 3.29. The van der Waals surface area contributed by atoms with Crippen LogP contribution in [0.4, 0.5) is 8.78 Å². The van der Waals surface area contributed by atoms with Crippen LogP contribution in [0.5, 0.6) is 0 Å². The van der Waals surface area contributed by atoms with E-state index in [-0.39, 0.29) is 27.2 Å². The summed E-state index contributed by atoms with van der Waals surface area (Å²) in [7, 11) is 0. The average molecular weight is 466 g/mol. The molecule has 1 aromatic carbocycles. The number of benzene rings is 1. The first-order valence-electron chi connectivity index (χ1n) is 6.88. The predicted octanol–water partition coefficient (Wildman–Crippen LogP) is 3.30. The van der Waals surface area contributed by atoms with Crippen LogP contribution in [0.3, 0.4) is 0 Å². The predicted molar refractivity (Wildman–Crippen MR) is 89.8 cm³/mol. The van der Waals surface area contributed by atoms with E-state index in [0.29, 0.717) is 17.6 Å². The smallest absolute Gasteiger partial charge is 0.313 e. The van der Waals surface area contributed by atoms with Crippen molar-refractivity contribution in [3.63, 3.8) is 0 Å². The van der Waals surface area contributed by atoms with Gasteiger partial charge in [-0.2, -0.15) is 4.39 Å². The Morgan fingerprint density at radius 3 is 2.75 bits per heavy atom. The van der Waals surface area contributed by atoms with Crippen molar-refractivity contribution in [1.29, 1.82) is 0 Å². The summed E-state index contributed by atoms with van der Waals surface area (Å²) >= 11 is 3.19. The quantitative estimate of drug-likeness (QED) is 0.438. The molecule has 1 aliphatic rings. The van der Waals surface area contributed by atoms with Gasteiger partial charge in [0, 0.05) is 21.1 Å². The summed E-state index contributed by atoms with van der Waals surface area (Å²) in [6, 6.07) is 1.35. The van der Waals surface area contributed by atoms with Crippen molar-refractivity contribution in [3.05, 3.63) is 44.0 Å². The van der Waals surface area contributed by atoms with Crippen LogP contribution in [0.15, 0.2) is 21.6 Å².